The number of hydrogen-bond donors (Lipinski definition) is 1. The number of amides is 1. The van der Waals surface area contributed by atoms with Gasteiger partial charge in [-0.25, -0.2) is 0 Å². The third-order valence-corrected chi connectivity index (χ3v) is 3.44. The average molecular weight is 196 g/mol. The highest BCUT2D eigenvalue weighted by Crippen LogP contribution is 2.35. The van der Waals surface area contributed by atoms with Crippen LogP contribution in [0.3, 0.4) is 0 Å². The largest absolute Gasteiger partial charge is 0.327 e. The van der Waals surface area contributed by atoms with Gasteiger partial charge in [-0.1, -0.05) is 12.2 Å². The Hall–Kier alpha value is -0.740. The molecule has 3 nitrogen and oxygen atoms in total. The quantitative estimate of drug-likeness (QED) is 0.661. The number of rotatable bonds is 2. The van der Waals surface area contributed by atoms with Crippen molar-refractivity contribution in [2.75, 3.05) is 12.3 Å². The van der Waals surface area contributed by atoms with Gasteiger partial charge in [0.1, 0.15) is 0 Å². The van der Waals surface area contributed by atoms with Crippen molar-refractivity contribution in [1.82, 2.24) is 4.90 Å². The Morgan fingerprint density at radius 2 is 2.62 bits per heavy atom. The van der Waals surface area contributed by atoms with Crippen molar-refractivity contribution in [3.8, 4) is 0 Å². The molecule has 1 amide bonds. The molecule has 2 rings (SSSR count). The Kier molecular flexibility index (Phi) is 2.42. The maximum absolute atomic E-state index is 11.1. The van der Waals surface area contributed by atoms with E-state index in [1.807, 2.05) is 35.0 Å². The molecule has 0 aromatic rings. The first kappa shape index (κ1) is 8.84. The highest BCUT2D eigenvalue weighted by atomic mass is 32.2. The van der Waals surface area contributed by atoms with Crippen LogP contribution in [0.15, 0.2) is 23.9 Å². The second-order valence-electron chi connectivity index (χ2n) is 3.11. The maximum Gasteiger partial charge on any atom is 0.230 e. The van der Waals surface area contributed by atoms with Crippen molar-refractivity contribution < 1.29 is 4.79 Å². The van der Waals surface area contributed by atoms with Gasteiger partial charge in [-0.05, 0) is 5.57 Å². The normalized spacial score (nSPS) is 27.2. The molecule has 0 aliphatic carbocycles. The van der Waals surface area contributed by atoms with Crippen LogP contribution in [-0.2, 0) is 4.79 Å². The maximum atomic E-state index is 11.1. The van der Waals surface area contributed by atoms with Crippen LogP contribution < -0.4 is 5.73 Å². The van der Waals surface area contributed by atoms with Gasteiger partial charge in [0.05, 0.1) is 11.8 Å². The molecule has 0 aromatic heterocycles. The monoisotopic (exact) mass is 196 g/mol. The summed E-state index contributed by atoms with van der Waals surface area (Å²) in [7, 11) is 0. The lowest BCUT2D eigenvalue weighted by atomic mass is 10.2. The molecule has 0 radical (unpaired) electrons. The van der Waals surface area contributed by atoms with Crippen LogP contribution in [0.5, 0.6) is 0 Å². The summed E-state index contributed by atoms with van der Waals surface area (Å²) in [6.07, 6.45) is 6.56. The van der Waals surface area contributed by atoms with Gasteiger partial charge in [-0.3, -0.25) is 4.79 Å². The zero-order chi connectivity index (χ0) is 9.26. The first-order chi connectivity index (χ1) is 6.31. The molecule has 2 aliphatic heterocycles. The van der Waals surface area contributed by atoms with Gasteiger partial charge in [-0.15, -0.1) is 11.8 Å². The molecule has 1 fully saturated rings. The number of hydrogen-bond acceptors (Lipinski definition) is 3. The lowest BCUT2D eigenvalue weighted by Crippen LogP contribution is -2.49. The van der Waals surface area contributed by atoms with E-state index in [1.165, 1.54) is 5.57 Å². The van der Waals surface area contributed by atoms with E-state index in [-0.39, 0.29) is 5.91 Å². The summed E-state index contributed by atoms with van der Waals surface area (Å²) in [5.41, 5.74) is 6.53. The van der Waals surface area contributed by atoms with E-state index in [0.29, 0.717) is 18.3 Å². The second kappa shape index (κ2) is 3.55. The summed E-state index contributed by atoms with van der Waals surface area (Å²) in [6.45, 7) is 0.555. The van der Waals surface area contributed by atoms with Gasteiger partial charge in [-0.2, -0.15) is 0 Å². The minimum atomic E-state index is 0.232. The molecule has 2 aliphatic rings. The molecule has 0 bridgehead atoms. The fourth-order valence-electron chi connectivity index (χ4n) is 1.41. The Labute approximate surface area is 81.7 Å². The number of thioether (sulfide) groups is 1. The zero-order valence-electron chi connectivity index (χ0n) is 7.27. The van der Waals surface area contributed by atoms with E-state index in [0.717, 1.165) is 5.75 Å². The van der Waals surface area contributed by atoms with Gasteiger partial charge in [0.25, 0.3) is 0 Å². The molecule has 0 aromatic carbocycles. The van der Waals surface area contributed by atoms with Crippen LogP contribution in [-0.4, -0.2) is 28.5 Å². The van der Waals surface area contributed by atoms with Gasteiger partial charge < -0.3 is 10.6 Å². The van der Waals surface area contributed by atoms with Crippen LogP contribution in [0.25, 0.3) is 0 Å². The van der Waals surface area contributed by atoms with E-state index in [1.54, 1.807) is 0 Å². The van der Waals surface area contributed by atoms with E-state index < -0.39 is 0 Å². The number of carbonyl (C=O) groups is 1. The minimum absolute atomic E-state index is 0.232. The van der Waals surface area contributed by atoms with Crippen LogP contribution >= 0.6 is 11.8 Å². The lowest BCUT2D eigenvalue weighted by molar-refractivity contribution is -0.137. The summed E-state index contributed by atoms with van der Waals surface area (Å²) >= 11 is 1.82. The van der Waals surface area contributed by atoms with Gasteiger partial charge in [0.2, 0.25) is 5.91 Å². The first-order valence-corrected chi connectivity index (χ1v) is 5.36. The SMILES string of the molecule is NC/C=C/C1=CN2C(=O)C[C@H]2SC1. The Bertz CT molecular complexity index is 285. The fraction of sp³-hybridized carbons (Fsp3) is 0.444. The Morgan fingerprint density at radius 1 is 1.77 bits per heavy atom. The van der Waals surface area contributed by atoms with Crippen LogP contribution in [0, 0.1) is 0 Å². The summed E-state index contributed by atoms with van der Waals surface area (Å²) in [4.78, 5) is 12.9. The molecule has 13 heavy (non-hydrogen) atoms. The van der Waals surface area contributed by atoms with Crippen LogP contribution in [0.1, 0.15) is 6.42 Å². The topological polar surface area (TPSA) is 46.3 Å². The first-order valence-electron chi connectivity index (χ1n) is 4.31. The fourth-order valence-corrected chi connectivity index (χ4v) is 2.57. The number of carbonyl (C=O) groups excluding carboxylic acids is 1. The number of nitrogens with zero attached hydrogens (tertiary/aromatic N) is 1. The van der Waals surface area contributed by atoms with E-state index in [2.05, 4.69) is 0 Å². The third kappa shape index (κ3) is 1.64. The number of allylic oxidation sites excluding steroid dienone is 1. The van der Waals surface area contributed by atoms with E-state index in [9.17, 15) is 4.79 Å². The number of β-lactam (4-membered cyclic amide) rings is 1. The highest BCUT2D eigenvalue weighted by Gasteiger charge is 2.37. The van der Waals surface area contributed by atoms with Gasteiger partial charge >= 0.3 is 0 Å². The zero-order valence-corrected chi connectivity index (χ0v) is 8.09. The van der Waals surface area contributed by atoms with Gasteiger partial charge in [0, 0.05) is 18.5 Å². The van der Waals surface area contributed by atoms with E-state index in [4.69, 9.17) is 5.73 Å². The molecule has 0 unspecified atom stereocenters. The smallest absolute Gasteiger partial charge is 0.230 e. The minimum Gasteiger partial charge on any atom is -0.327 e. The summed E-state index contributed by atoms with van der Waals surface area (Å²) < 4.78 is 0. The van der Waals surface area contributed by atoms with Crippen molar-refractivity contribution in [1.29, 1.82) is 0 Å². The molecule has 0 spiro atoms. The molecular weight excluding hydrogens is 184 g/mol. The Balaban J connectivity index is 2.05. The van der Waals surface area contributed by atoms with Crippen LogP contribution in [0.4, 0.5) is 0 Å². The summed E-state index contributed by atoms with van der Waals surface area (Å²) in [6, 6.07) is 0. The molecule has 1 atom stereocenters. The molecular formula is C9H12N2OS. The molecule has 1 saturated heterocycles. The average Bonchev–Trinajstić information content (AvgIpc) is 2.14. The lowest BCUT2D eigenvalue weighted by Gasteiger charge is -2.40. The third-order valence-electron chi connectivity index (χ3n) is 2.16. The Morgan fingerprint density at radius 3 is 3.31 bits per heavy atom. The molecule has 4 heteroatoms. The summed E-state index contributed by atoms with van der Waals surface area (Å²) in [5, 5.41) is 0.405. The van der Waals surface area contributed by atoms with Gasteiger partial charge in [0.15, 0.2) is 0 Å². The van der Waals surface area contributed by atoms with Crippen molar-refractivity contribution >= 4 is 17.7 Å². The predicted molar refractivity (Wildman–Crippen MR) is 54.0 cm³/mol. The molecule has 70 valence electrons. The van der Waals surface area contributed by atoms with E-state index >= 15 is 0 Å². The predicted octanol–water partition coefficient (Wildman–Crippen LogP) is 0.690. The van der Waals surface area contributed by atoms with Crippen molar-refractivity contribution in [2.24, 2.45) is 5.73 Å². The highest BCUT2D eigenvalue weighted by molar-refractivity contribution is 8.00. The van der Waals surface area contributed by atoms with Crippen molar-refractivity contribution in [3.63, 3.8) is 0 Å². The van der Waals surface area contributed by atoms with Crippen molar-refractivity contribution in [2.45, 2.75) is 11.8 Å². The van der Waals surface area contributed by atoms with Crippen molar-refractivity contribution in [3.05, 3.63) is 23.9 Å². The molecule has 2 N–H and O–H groups in total. The second-order valence-corrected chi connectivity index (χ2v) is 4.28. The summed E-state index contributed by atoms with van der Waals surface area (Å²) in [5.74, 6) is 1.22. The molecule has 2 heterocycles. The standard InChI is InChI=1S/C9H12N2OS/c10-3-1-2-7-5-11-8(12)4-9(11)13-6-7/h1-2,5,9H,3-4,6,10H2/b2-1+/t9-/m1/s1. The molecule has 0 saturated carbocycles. The van der Waals surface area contributed by atoms with Crippen LogP contribution in [0.2, 0.25) is 0 Å². The number of fused-ring (bicyclic) bond motifs is 1. The number of nitrogens with two attached hydrogens (primary N) is 1.